The Morgan fingerprint density at radius 2 is 1.41 bits per heavy atom. The van der Waals surface area contributed by atoms with Gasteiger partial charge in [0.1, 0.15) is 0 Å². The molecule has 0 unspecified atom stereocenters. The molecule has 4 bridgehead atoms. The number of nitrogens with zero attached hydrogens (tertiary/aromatic N) is 3. The maximum Gasteiger partial charge on any atom is 0.315 e. The standard InChI is InChI=1S/C40H49N5O6/c46-26-28-3-5-32(6-4-28)37-20-36(25-43-13-15-44(16-14-43)34-9-11-35(12-10-34)45(48)49)50-38(51-37)33-7-1-27(2-8-33)24-41-39(47)42-40-21-29-17-30(22-40)19-31(18-29)23-40/h1-12,29-31,36-38,46H,13-26H2,(H2,41,42,47)/t29?,30?,31?,36-,37+,38+,40?/m1/s1. The molecule has 51 heavy (non-hydrogen) atoms. The third-order valence-electron chi connectivity index (χ3n) is 12.0. The molecular formula is C40H49N5O6. The van der Waals surface area contributed by atoms with E-state index in [1.165, 1.54) is 19.3 Å². The molecule has 3 aromatic rings. The van der Waals surface area contributed by atoms with Gasteiger partial charge in [0.15, 0.2) is 6.29 Å². The smallest absolute Gasteiger partial charge is 0.315 e. The Balaban J connectivity index is 0.887. The largest absolute Gasteiger partial charge is 0.392 e. The fourth-order valence-electron chi connectivity index (χ4n) is 9.82. The normalized spacial score (nSPS) is 30.3. The predicted octanol–water partition coefficient (Wildman–Crippen LogP) is 6.22. The fraction of sp³-hybridized carbons (Fsp3) is 0.525. The fourth-order valence-corrected chi connectivity index (χ4v) is 9.82. The summed E-state index contributed by atoms with van der Waals surface area (Å²) in [5, 5.41) is 27.2. The van der Waals surface area contributed by atoms with E-state index >= 15 is 0 Å². The Morgan fingerprint density at radius 1 is 0.804 bits per heavy atom. The van der Waals surface area contributed by atoms with Crippen molar-refractivity contribution in [3.05, 3.63) is 105 Å². The summed E-state index contributed by atoms with van der Waals surface area (Å²) in [6, 6.07) is 22.8. The molecule has 3 N–H and O–H groups in total. The van der Waals surface area contributed by atoms with E-state index in [0.717, 1.165) is 97.7 Å². The minimum atomic E-state index is -0.547. The number of anilines is 1. The van der Waals surface area contributed by atoms with Crippen molar-refractivity contribution >= 4 is 17.4 Å². The molecule has 6 aliphatic rings. The van der Waals surface area contributed by atoms with Crippen LogP contribution < -0.4 is 15.5 Å². The molecule has 2 amide bonds. The monoisotopic (exact) mass is 695 g/mol. The average Bonchev–Trinajstić information content (AvgIpc) is 3.14. The number of carbonyl (C=O) groups is 1. The quantitative estimate of drug-likeness (QED) is 0.168. The zero-order valence-electron chi connectivity index (χ0n) is 29.1. The number of urea groups is 1. The van der Waals surface area contributed by atoms with Crippen molar-refractivity contribution in [2.75, 3.05) is 37.6 Å². The van der Waals surface area contributed by atoms with Crippen LogP contribution in [0.3, 0.4) is 0 Å². The summed E-state index contributed by atoms with van der Waals surface area (Å²) in [7, 11) is 0. The first-order valence-electron chi connectivity index (χ1n) is 18.7. The molecule has 9 rings (SSSR count). The lowest BCUT2D eigenvalue weighted by Gasteiger charge is -2.56. The number of ether oxygens (including phenoxy) is 2. The van der Waals surface area contributed by atoms with E-state index in [1.807, 2.05) is 60.7 Å². The van der Waals surface area contributed by atoms with E-state index in [1.54, 1.807) is 12.1 Å². The molecule has 2 heterocycles. The summed E-state index contributed by atoms with van der Waals surface area (Å²) in [4.78, 5) is 28.4. The molecule has 3 atom stereocenters. The van der Waals surface area contributed by atoms with Gasteiger partial charge < -0.3 is 30.1 Å². The lowest BCUT2D eigenvalue weighted by molar-refractivity contribution is -0.384. The number of aliphatic hydroxyl groups excluding tert-OH is 1. The number of nitro groups is 1. The minimum absolute atomic E-state index is 0.00283. The van der Waals surface area contributed by atoms with E-state index in [0.29, 0.717) is 13.0 Å². The van der Waals surface area contributed by atoms with E-state index < -0.39 is 6.29 Å². The maximum absolute atomic E-state index is 13.0. The van der Waals surface area contributed by atoms with Gasteiger partial charge in [-0.3, -0.25) is 15.0 Å². The molecule has 4 saturated carbocycles. The highest BCUT2D eigenvalue weighted by atomic mass is 16.7. The van der Waals surface area contributed by atoms with Crippen LogP contribution in [0.25, 0.3) is 0 Å². The molecular weight excluding hydrogens is 646 g/mol. The Bertz CT molecular complexity index is 1640. The lowest BCUT2D eigenvalue weighted by Crippen LogP contribution is -2.61. The number of hydrogen-bond acceptors (Lipinski definition) is 8. The molecule has 4 aliphatic carbocycles. The van der Waals surface area contributed by atoms with Crippen LogP contribution in [0.4, 0.5) is 16.2 Å². The van der Waals surface area contributed by atoms with Crippen LogP contribution >= 0.6 is 0 Å². The van der Waals surface area contributed by atoms with Crippen LogP contribution in [0.1, 0.15) is 79.6 Å². The molecule has 11 nitrogen and oxygen atoms in total. The highest BCUT2D eigenvalue weighted by molar-refractivity contribution is 5.75. The topological polar surface area (TPSA) is 129 Å². The maximum atomic E-state index is 13.0. The van der Waals surface area contributed by atoms with E-state index in [9.17, 15) is 20.0 Å². The molecule has 0 aromatic heterocycles. The van der Waals surface area contributed by atoms with Gasteiger partial charge in [0, 0.05) is 74.6 Å². The van der Waals surface area contributed by atoms with Crippen LogP contribution in [0, 0.1) is 27.9 Å². The Kier molecular flexibility index (Phi) is 9.71. The Labute approximate surface area is 299 Å². The Morgan fingerprint density at radius 3 is 2.02 bits per heavy atom. The molecule has 2 saturated heterocycles. The van der Waals surface area contributed by atoms with Crippen molar-refractivity contribution in [3.63, 3.8) is 0 Å². The van der Waals surface area contributed by atoms with Gasteiger partial charge in [-0.1, -0.05) is 48.5 Å². The molecule has 0 spiro atoms. The summed E-state index contributed by atoms with van der Waals surface area (Å²) in [5.41, 5.74) is 4.96. The zero-order chi connectivity index (χ0) is 35.0. The van der Waals surface area contributed by atoms with Crippen molar-refractivity contribution in [1.29, 1.82) is 0 Å². The van der Waals surface area contributed by atoms with Gasteiger partial charge in [-0.05, 0) is 85.1 Å². The second kappa shape index (κ2) is 14.5. The number of carbonyl (C=O) groups excluding carboxylic acids is 1. The molecule has 6 fully saturated rings. The number of amides is 2. The number of piperazine rings is 1. The van der Waals surface area contributed by atoms with Crippen LogP contribution in [0.15, 0.2) is 72.8 Å². The second-order valence-electron chi connectivity index (χ2n) is 15.7. The second-order valence-corrected chi connectivity index (χ2v) is 15.7. The summed E-state index contributed by atoms with van der Waals surface area (Å²) in [6.45, 7) is 4.59. The van der Waals surface area contributed by atoms with Gasteiger partial charge >= 0.3 is 6.03 Å². The average molecular weight is 696 g/mol. The van der Waals surface area contributed by atoms with Crippen LogP contribution in [0.2, 0.25) is 0 Å². The van der Waals surface area contributed by atoms with Gasteiger partial charge in [-0.2, -0.15) is 0 Å². The summed E-state index contributed by atoms with van der Waals surface area (Å²) in [6.07, 6.45) is 7.38. The first-order chi connectivity index (χ1) is 24.8. The number of nitro benzene ring substituents is 1. The van der Waals surface area contributed by atoms with Crippen molar-refractivity contribution in [2.45, 2.75) is 82.1 Å². The number of hydrogen-bond donors (Lipinski definition) is 3. The van der Waals surface area contributed by atoms with Gasteiger partial charge in [0.2, 0.25) is 0 Å². The molecule has 0 radical (unpaired) electrons. The number of rotatable bonds is 10. The zero-order valence-corrected chi connectivity index (χ0v) is 29.1. The van der Waals surface area contributed by atoms with Gasteiger partial charge in [0.25, 0.3) is 5.69 Å². The third-order valence-corrected chi connectivity index (χ3v) is 12.0. The molecule has 2 aliphatic heterocycles. The van der Waals surface area contributed by atoms with Crippen molar-refractivity contribution in [2.24, 2.45) is 17.8 Å². The molecule has 11 heteroatoms. The van der Waals surface area contributed by atoms with Crippen molar-refractivity contribution in [3.8, 4) is 0 Å². The van der Waals surface area contributed by atoms with Gasteiger partial charge in [-0.25, -0.2) is 4.79 Å². The third kappa shape index (κ3) is 7.77. The van der Waals surface area contributed by atoms with E-state index in [4.69, 9.17) is 9.47 Å². The predicted molar refractivity (Wildman–Crippen MR) is 193 cm³/mol. The van der Waals surface area contributed by atoms with Crippen LogP contribution in [-0.4, -0.2) is 65.3 Å². The summed E-state index contributed by atoms with van der Waals surface area (Å²) >= 11 is 0. The number of non-ortho nitro benzene ring substituents is 1. The number of nitrogens with one attached hydrogen (secondary N) is 2. The van der Waals surface area contributed by atoms with Crippen LogP contribution in [-0.2, 0) is 22.6 Å². The highest BCUT2D eigenvalue weighted by Crippen LogP contribution is 2.55. The Hall–Kier alpha value is -4.03. The van der Waals surface area contributed by atoms with E-state index in [-0.39, 0.29) is 41.0 Å². The van der Waals surface area contributed by atoms with Gasteiger partial charge in [-0.15, -0.1) is 0 Å². The van der Waals surface area contributed by atoms with Gasteiger partial charge in [0.05, 0.1) is 23.7 Å². The van der Waals surface area contributed by atoms with Crippen molar-refractivity contribution in [1.82, 2.24) is 15.5 Å². The van der Waals surface area contributed by atoms with Crippen LogP contribution in [0.5, 0.6) is 0 Å². The first-order valence-corrected chi connectivity index (χ1v) is 18.7. The summed E-state index contributed by atoms with van der Waals surface area (Å²) < 4.78 is 13.2. The lowest BCUT2D eigenvalue weighted by atomic mass is 9.53. The highest BCUT2D eigenvalue weighted by Gasteiger charge is 2.51. The first kappa shape index (κ1) is 34.1. The summed E-state index contributed by atoms with van der Waals surface area (Å²) in [5.74, 6) is 2.35. The van der Waals surface area contributed by atoms with Crippen molar-refractivity contribution < 1.29 is 24.3 Å². The molecule has 3 aromatic carbocycles. The minimum Gasteiger partial charge on any atom is -0.392 e. The molecule has 270 valence electrons. The number of aliphatic hydroxyl groups is 1. The number of benzene rings is 3. The SMILES string of the molecule is O=C(NCc1ccc([C@H]2O[C@@H](CN3CCN(c4ccc([N+](=O)[O-])cc4)CC3)C[C@@H](c3ccc(CO)cc3)O2)cc1)NC12CC3CC(CC(C3)C1)C2. The van der Waals surface area contributed by atoms with E-state index in [2.05, 4.69) is 20.4 Å².